The monoisotopic (exact) mass is 651 g/mol. The van der Waals surface area contributed by atoms with Crippen molar-refractivity contribution in [1.29, 1.82) is 0 Å². The van der Waals surface area contributed by atoms with E-state index in [0.717, 1.165) is 18.6 Å². The van der Waals surface area contributed by atoms with Crippen molar-refractivity contribution in [3.05, 3.63) is 59.7 Å². The van der Waals surface area contributed by atoms with Gasteiger partial charge in [0, 0.05) is 11.1 Å². The maximum Gasteiger partial charge on any atom is 0.287 e. The molecule has 0 atom stereocenters. The Balaban J connectivity index is 1.76. The topological polar surface area (TPSA) is 59.0 Å². The van der Waals surface area contributed by atoms with Gasteiger partial charge in [0.15, 0.2) is 0 Å². The van der Waals surface area contributed by atoms with E-state index in [1.807, 2.05) is 0 Å². The van der Waals surface area contributed by atoms with Crippen LogP contribution in [0.4, 0.5) is 11.5 Å². The van der Waals surface area contributed by atoms with Crippen LogP contribution in [0.5, 0.6) is 5.75 Å². The molecule has 0 aliphatic carbocycles. The number of halogens is 5. The van der Waals surface area contributed by atoms with Gasteiger partial charge in [-0.3, -0.25) is 9.89 Å². The van der Waals surface area contributed by atoms with Crippen LogP contribution >= 0.6 is 69.8 Å². The second-order valence-electron chi connectivity index (χ2n) is 9.30. The number of nitrogens with one attached hydrogen (secondary N) is 2. The van der Waals surface area contributed by atoms with Crippen molar-refractivity contribution in [2.75, 3.05) is 18.2 Å². The van der Waals surface area contributed by atoms with E-state index >= 15 is 0 Å². The van der Waals surface area contributed by atoms with Crippen molar-refractivity contribution < 1.29 is 4.74 Å². The second-order valence-corrected chi connectivity index (χ2v) is 12.5. The first-order chi connectivity index (χ1) is 18.8. The number of hydrogen-bond donors (Lipinski definition) is 2. The maximum atomic E-state index is 13.6. The first kappa shape index (κ1) is 32.4. The predicted molar refractivity (Wildman–Crippen MR) is 170 cm³/mol. The summed E-state index contributed by atoms with van der Waals surface area (Å²) in [7, 11) is 1.52. The van der Waals surface area contributed by atoms with Crippen molar-refractivity contribution in [2.45, 2.75) is 76.0 Å². The van der Waals surface area contributed by atoms with Crippen LogP contribution in [0.1, 0.15) is 71.1 Å². The number of aromatic amines is 1. The van der Waals surface area contributed by atoms with Crippen LogP contribution < -0.4 is 15.6 Å². The van der Waals surface area contributed by atoms with Gasteiger partial charge in [0.25, 0.3) is 5.56 Å². The first-order valence-electron chi connectivity index (χ1n) is 13.2. The molecule has 0 unspecified atom stereocenters. The van der Waals surface area contributed by atoms with Gasteiger partial charge in [-0.15, -0.1) is 11.8 Å². The lowest BCUT2D eigenvalue weighted by Gasteiger charge is -2.12. The summed E-state index contributed by atoms with van der Waals surface area (Å²) < 4.78 is 6.66. The Hall–Kier alpha value is -1.15. The predicted octanol–water partition coefficient (Wildman–Crippen LogP) is 11.2. The van der Waals surface area contributed by atoms with E-state index in [1.165, 1.54) is 74.9 Å². The Morgan fingerprint density at radius 1 is 0.821 bits per heavy atom. The van der Waals surface area contributed by atoms with Gasteiger partial charge in [0.05, 0.1) is 32.9 Å². The van der Waals surface area contributed by atoms with Crippen molar-refractivity contribution in [3.8, 4) is 11.4 Å². The number of hydrogen-bond acceptors (Lipinski definition) is 4. The minimum absolute atomic E-state index is 0.250. The number of unbranched alkanes of at least 4 members (excludes halogenated alkanes) is 9. The van der Waals surface area contributed by atoms with Crippen LogP contribution in [0.3, 0.4) is 0 Å². The standard InChI is InChI=1S/C28H34Cl5N3O2S/c1-3-4-5-6-7-8-9-10-11-12-13-39-26-27(34-23-17-24(38-2)20(31)16-19(23)30)35-36(28(26)37)25-21(32)14-18(29)15-22(25)33/h14-17,34-35H,3-13H2,1-2H3. The molecule has 2 N–H and O–H groups in total. The second kappa shape index (κ2) is 16.3. The van der Waals surface area contributed by atoms with Gasteiger partial charge >= 0.3 is 0 Å². The third kappa shape index (κ3) is 9.17. The molecule has 5 nitrogen and oxygen atoms in total. The Morgan fingerprint density at radius 2 is 1.41 bits per heavy atom. The van der Waals surface area contributed by atoms with E-state index in [9.17, 15) is 4.79 Å². The van der Waals surface area contributed by atoms with E-state index in [4.69, 9.17) is 62.7 Å². The summed E-state index contributed by atoms with van der Waals surface area (Å²) in [5.41, 5.74) is 0.569. The number of ether oxygens (including phenoxy) is 1. The number of methoxy groups -OCH3 is 1. The Labute approximate surface area is 259 Å². The zero-order chi connectivity index (χ0) is 28.4. The number of nitrogens with zero attached hydrogens (tertiary/aromatic N) is 1. The number of H-pyrrole nitrogens is 1. The quantitative estimate of drug-likeness (QED) is 0.119. The van der Waals surface area contributed by atoms with E-state index < -0.39 is 0 Å². The van der Waals surface area contributed by atoms with Crippen molar-refractivity contribution in [3.63, 3.8) is 0 Å². The lowest BCUT2D eigenvalue weighted by molar-refractivity contribution is 0.415. The molecular weight excluding hydrogens is 620 g/mol. The minimum Gasteiger partial charge on any atom is -0.495 e. The Morgan fingerprint density at radius 3 is 2.00 bits per heavy atom. The van der Waals surface area contributed by atoms with E-state index in [0.29, 0.717) is 42.9 Å². The van der Waals surface area contributed by atoms with Crippen LogP contribution in [-0.4, -0.2) is 22.6 Å². The minimum atomic E-state index is -0.280. The Kier molecular flexibility index (Phi) is 13.6. The van der Waals surface area contributed by atoms with Crippen LogP contribution in [0.25, 0.3) is 5.69 Å². The molecular formula is C28H34Cl5N3O2S. The number of anilines is 2. The first-order valence-corrected chi connectivity index (χ1v) is 16.1. The molecule has 3 rings (SSSR count). The van der Waals surface area contributed by atoms with Crippen molar-refractivity contribution in [2.24, 2.45) is 0 Å². The molecule has 3 aromatic rings. The van der Waals surface area contributed by atoms with Crippen molar-refractivity contribution in [1.82, 2.24) is 9.78 Å². The van der Waals surface area contributed by atoms with E-state index in [1.54, 1.807) is 24.3 Å². The fourth-order valence-electron chi connectivity index (χ4n) is 4.23. The molecule has 2 aromatic carbocycles. The average Bonchev–Trinajstić information content (AvgIpc) is 3.18. The highest BCUT2D eigenvalue weighted by molar-refractivity contribution is 7.99. The normalized spacial score (nSPS) is 11.3. The van der Waals surface area contributed by atoms with Gasteiger partial charge in [0.2, 0.25) is 0 Å². The number of thioether (sulfide) groups is 1. The van der Waals surface area contributed by atoms with Gasteiger partial charge in [0.1, 0.15) is 22.2 Å². The zero-order valence-electron chi connectivity index (χ0n) is 22.1. The molecule has 0 saturated heterocycles. The summed E-state index contributed by atoms with van der Waals surface area (Å²) in [6.45, 7) is 2.24. The van der Waals surface area contributed by atoms with Gasteiger partial charge < -0.3 is 10.1 Å². The third-order valence-corrected chi connectivity index (χ3v) is 8.86. The third-order valence-electron chi connectivity index (χ3n) is 6.30. The molecule has 0 radical (unpaired) electrons. The highest BCUT2D eigenvalue weighted by Gasteiger charge is 2.21. The summed E-state index contributed by atoms with van der Waals surface area (Å²) in [5.74, 6) is 1.71. The molecule has 0 saturated carbocycles. The average molecular weight is 654 g/mol. The van der Waals surface area contributed by atoms with Crippen LogP contribution in [0.2, 0.25) is 25.1 Å². The molecule has 1 heterocycles. The summed E-state index contributed by atoms with van der Waals surface area (Å²) in [6.07, 6.45) is 12.5. The highest BCUT2D eigenvalue weighted by Crippen LogP contribution is 2.38. The van der Waals surface area contributed by atoms with Gasteiger partial charge in [-0.25, -0.2) is 4.68 Å². The van der Waals surface area contributed by atoms with Crippen molar-refractivity contribution >= 4 is 81.3 Å². The zero-order valence-corrected chi connectivity index (χ0v) is 26.7. The number of benzene rings is 2. The largest absolute Gasteiger partial charge is 0.495 e. The lowest BCUT2D eigenvalue weighted by Crippen LogP contribution is -2.16. The summed E-state index contributed by atoms with van der Waals surface area (Å²) in [4.78, 5) is 14.1. The van der Waals surface area contributed by atoms with Gasteiger partial charge in [-0.2, -0.15) is 0 Å². The molecule has 0 fully saturated rings. The molecule has 0 aliphatic rings. The van der Waals surface area contributed by atoms with Crippen LogP contribution in [-0.2, 0) is 0 Å². The Bertz CT molecular complexity index is 1270. The molecule has 39 heavy (non-hydrogen) atoms. The fourth-order valence-corrected chi connectivity index (χ4v) is 6.73. The van der Waals surface area contributed by atoms with Crippen LogP contribution in [0, 0.1) is 0 Å². The summed E-state index contributed by atoms with van der Waals surface area (Å²) in [6, 6.07) is 6.35. The smallest absolute Gasteiger partial charge is 0.287 e. The highest BCUT2D eigenvalue weighted by atomic mass is 35.5. The molecule has 214 valence electrons. The molecule has 0 aliphatic heterocycles. The molecule has 11 heteroatoms. The molecule has 0 amide bonds. The van der Waals surface area contributed by atoms with E-state index in [-0.39, 0.29) is 15.6 Å². The van der Waals surface area contributed by atoms with Gasteiger partial charge in [-0.1, -0.05) is 123 Å². The number of aromatic nitrogens is 2. The summed E-state index contributed by atoms with van der Waals surface area (Å²) in [5, 5.41) is 7.98. The maximum absolute atomic E-state index is 13.6. The van der Waals surface area contributed by atoms with Crippen LogP contribution in [0.15, 0.2) is 34.0 Å². The molecule has 1 aromatic heterocycles. The SMILES string of the molecule is CCCCCCCCCCCCSc1c(Nc2cc(OC)c(Cl)cc2Cl)[nH]n(-c2c(Cl)cc(Cl)cc2Cl)c1=O. The molecule has 0 bridgehead atoms. The van der Waals surface area contributed by atoms with E-state index in [2.05, 4.69) is 17.3 Å². The molecule has 0 spiro atoms. The lowest BCUT2D eigenvalue weighted by atomic mass is 10.1. The summed E-state index contributed by atoms with van der Waals surface area (Å²) >= 11 is 33.1. The van der Waals surface area contributed by atoms with Gasteiger partial charge in [-0.05, 0) is 30.4 Å². The fraction of sp³-hybridized carbons (Fsp3) is 0.464. The number of rotatable bonds is 16.